The minimum absolute atomic E-state index is 0.286. The number of hydrogen-bond donors (Lipinski definition) is 3. The van der Waals surface area contributed by atoms with E-state index in [2.05, 4.69) is 12.2 Å². The molecule has 17 heavy (non-hydrogen) atoms. The first-order valence-electron chi connectivity index (χ1n) is 6.03. The lowest BCUT2D eigenvalue weighted by atomic mass is 10.1. The van der Waals surface area contributed by atoms with Crippen LogP contribution in [0.2, 0.25) is 0 Å². The second kappa shape index (κ2) is 6.91. The number of carbonyl (C=O) groups excluding carboxylic acids is 1. The van der Waals surface area contributed by atoms with Crippen LogP contribution in [0.3, 0.4) is 0 Å². The van der Waals surface area contributed by atoms with Gasteiger partial charge in [0.1, 0.15) is 0 Å². The van der Waals surface area contributed by atoms with Crippen LogP contribution in [0.25, 0.3) is 0 Å². The SMILES string of the molecule is CCCCC(CN)Nc1ccc(C(N)=O)cc1. The lowest BCUT2D eigenvalue weighted by molar-refractivity contribution is 0.100. The fourth-order valence-corrected chi connectivity index (χ4v) is 1.67. The zero-order valence-corrected chi connectivity index (χ0v) is 10.3. The maximum Gasteiger partial charge on any atom is 0.248 e. The molecule has 1 rings (SSSR count). The van der Waals surface area contributed by atoms with Gasteiger partial charge in [0.05, 0.1) is 0 Å². The molecule has 0 spiro atoms. The number of unbranched alkanes of at least 4 members (excludes halogenated alkanes) is 1. The summed E-state index contributed by atoms with van der Waals surface area (Å²) in [4.78, 5) is 10.9. The molecule has 4 heteroatoms. The number of carbonyl (C=O) groups is 1. The standard InChI is InChI=1S/C13H21N3O/c1-2-3-4-12(9-14)16-11-7-5-10(6-8-11)13(15)17/h5-8,12,16H,2-4,9,14H2,1H3,(H2,15,17). The number of amides is 1. The molecule has 0 bridgehead atoms. The molecule has 0 aliphatic heterocycles. The Bertz CT molecular complexity index is 348. The van der Waals surface area contributed by atoms with Crippen molar-refractivity contribution in [2.24, 2.45) is 11.5 Å². The summed E-state index contributed by atoms with van der Waals surface area (Å²) in [5.74, 6) is -0.405. The lowest BCUT2D eigenvalue weighted by Crippen LogP contribution is -2.28. The predicted molar refractivity (Wildman–Crippen MR) is 71.0 cm³/mol. The van der Waals surface area contributed by atoms with Crippen molar-refractivity contribution >= 4 is 11.6 Å². The van der Waals surface area contributed by atoms with Crippen molar-refractivity contribution in [1.82, 2.24) is 0 Å². The van der Waals surface area contributed by atoms with Gasteiger partial charge in [0.15, 0.2) is 0 Å². The molecule has 1 aromatic carbocycles. The number of nitrogens with two attached hydrogens (primary N) is 2. The van der Waals surface area contributed by atoms with Crippen molar-refractivity contribution in [3.63, 3.8) is 0 Å². The van der Waals surface area contributed by atoms with Gasteiger partial charge in [-0.25, -0.2) is 0 Å². The fraction of sp³-hybridized carbons (Fsp3) is 0.462. The van der Waals surface area contributed by atoms with Crippen LogP contribution in [-0.4, -0.2) is 18.5 Å². The molecule has 0 saturated carbocycles. The van der Waals surface area contributed by atoms with E-state index in [-0.39, 0.29) is 6.04 Å². The second-order valence-electron chi connectivity index (χ2n) is 4.16. The van der Waals surface area contributed by atoms with Crippen molar-refractivity contribution in [2.45, 2.75) is 32.2 Å². The Labute approximate surface area is 102 Å². The van der Waals surface area contributed by atoms with Gasteiger partial charge in [-0.1, -0.05) is 19.8 Å². The van der Waals surface area contributed by atoms with Crippen molar-refractivity contribution < 1.29 is 4.79 Å². The molecule has 1 aromatic rings. The van der Waals surface area contributed by atoms with Crippen molar-refractivity contribution in [3.05, 3.63) is 29.8 Å². The number of anilines is 1. The molecular weight excluding hydrogens is 214 g/mol. The highest BCUT2D eigenvalue weighted by Gasteiger charge is 2.06. The molecule has 0 radical (unpaired) electrons. The Hall–Kier alpha value is -1.55. The van der Waals surface area contributed by atoms with Crippen LogP contribution in [0, 0.1) is 0 Å². The number of nitrogens with one attached hydrogen (secondary N) is 1. The highest BCUT2D eigenvalue weighted by molar-refractivity contribution is 5.93. The van der Waals surface area contributed by atoms with E-state index in [1.54, 1.807) is 12.1 Å². The normalized spacial score (nSPS) is 12.1. The topological polar surface area (TPSA) is 81.1 Å². The smallest absolute Gasteiger partial charge is 0.248 e. The van der Waals surface area contributed by atoms with Crippen LogP contribution in [0.1, 0.15) is 36.5 Å². The Morgan fingerprint density at radius 2 is 2.00 bits per heavy atom. The average Bonchev–Trinajstić information content (AvgIpc) is 2.35. The first-order chi connectivity index (χ1) is 8.17. The lowest BCUT2D eigenvalue weighted by Gasteiger charge is -2.17. The Kier molecular flexibility index (Phi) is 5.49. The number of primary amides is 1. The Balaban J connectivity index is 2.57. The van der Waals surface area contributed by atoms with Crippen LogP contribution in [0.5, 0.6) is 0 Å². The molecule has 0 aliphatic rings. The third kappa shape index (κ3) is 4.44. The zero-order valence-electron chi connectivity index (χ0n) is 10.3. The summed E-state index contributed by atoms with van der Waals surface area (Å²) in [6.45, 7) is 2.77. The molecule has 0 fully saturated rings. The van der Waals surface area contributed by atoms with E-state index >= 15 is 0 Å². The zero-order chi connectivity index (χ0) is 12.7. The monoisotopic (exact) mass is 235 g/mol. The summed E-state index contributed by atoms with van der Waals surface area (Å²) >= 11 is 0. The van der Waals surface area contributed by atoms with Gasteiger partial charge in [0.2, 0.25) is 5.91 Å². The fourth-order valence-electron chi connectivity index (χ4n) is 1.67. The van der Waals surface area contributed by atoms with Gasteiger partial charge < -0.3 is 16.8 Å². The van der Waals surface area contributed by atoms with Gasteiger partial charge in [-0.05, 0) is 30.7 Å². The molecule has 0 aliphatic carbocycles. The van der Waals surface area contributed by atoms with Gasteiger partial charge in [-0.15, -0.1) is 0 Å². The van der Waals surface area contributed by atoms with Crippen molar-refractivity contribution in [1.29, 1.82) is 0 Å². The van der Waals surface area contributed by atoms with Gasteiger partial charge in [-0.2, -0.15) is 0 Å². The summed E-state index contributed by atoms with van der Waals surface area (Å²) < 4.78 is 0. The van der Waals surface area contributed by atoms with Gasteiger partial charge in [-0.3, -0.25) is 4.79 Å². The van der Waals surface area contributed by atoms with Crippen LogP contribution in [0.4, 0.5) is 5.69 Å². The van der Waals surface area contributed by atoms with Gasteiger partial charge in [0.25, 0.3) is 0 Å². The summed E-state index contributed by atoms with van der Waals surface area (Å²) in [7, 11) is 0. The third-order valence-electron chi connectivity index (χ3n) is 2.73. The molecule has 1 unspecified atom stereocenters. The van der Waals surface area contributed by atoms with Gasteiger partial charge >= 0.3 is 0 Å². The highest BCUT2D eigenvalue weighted by Crippen LogP contribution is 2.12. The van der Waals surface area contributed by atoms with E-state index in [4.69, 9.17) is 11.5 Å². The molecule has 94 valence electrons. The van der Waals surface area contributed by atoms with E-state index in [9.17, 15) is 4.79 Å². The van der Waals surface area contributed by atoms with E-state index in [1.165, 1.54) is 6.42 Å². The Morgan fingerprint density at radius 3 is 2.47 bits per heavy atom. The number of benzene rings is 1. The minimum atomic E-state index is -0.405. The molecular formula is C13H21N3O. The third-order valence-corrected chi connectivity index (χ3v) is 2.73. The van der Waals surface area contributed by atoms with E-state index in [0.29, 0.717) is 12.1 Å². The predicted octanol–water partition coefficient (Wildman–Crippen LogP) is 1.71. The van der Waals surface area contributed by atoms with Gasteiger partial charge in [0, 0.05) is 23.8 Å². The second-order valence-corrected chi connectivity index (χ2v) is 4.16. The molecule has 1 atom stereocenters. The molecule has 5 N–H and O–H groups in total. The van der Waals surface area contributed by atoms with Crippen LogP contribution < -0.4 is 16.8 Å². The Morgan fingerprint density at radius 1 is 1.35 bits per heavy atom. The molecule has 1 amide bonds. The summed E-state index contributed by atoms with van der Waals surface area (Å²) in [5.41, 5.74) is 12.4. The van der Waals surface area contributed by atoms with Crippen LogP contribution in [-0.2, 0) is 0 Å². The molecule has 0 aromatic heterocycles. The largest absolute Gasteiger partial charge is 0.381 e. The summed E-state index contributed by atoms with van der Waals surface area (Å²) in [6, 6.07) is 7.44. The molecule has 0 saturated heterocycles. The summed E-state index contributed by atoms with van der Waals surface area (Å²) in [6.07, 6.45) is 3.39. The first kappa shape index (κ1) is 13.5. The van der Waals surface area contributed by atoms with Crippen LogP contribution in [0.15, 0.2) is 24.3 Å². The van der Waals surface area contributed by atoms with Crippen LogP contribution >= 0.6 is 0 Å². The average molecular weight is 235 g/mol. The molecule has 4 nitrogen and oxygen atoms in total. The van der Waals surface area contributed by atoms with Crippen molar-refractivity contribution in [3.8, 4) is 0 Å². The van der Waals surface area contributed by atoms with E-state index in [1.807, 2.05) is 12.1 Å². The number of hydrogen-bond acceptors (Lipinski definition) is 3. The summed E-state index contributed by atoms with van der Waals surface area (Å²) in [5, 5.41) is 3.35. The maximum absolute atomic E-state index is 10.9. The quantitative estimate of drug-likeness (QED) is 0.673. The van der Waals surface area contributed by atoms with Crippen molar-refractivity contribution in [2.75, 3.05) is 11.9 Å². The highest BCUT2D eigenvalue weighted by atomic mass is 16.1. The number of rotatable bonds is 7. The first-order valence-corrected chi connectivity index (χ1v) is 6.03. The minimum Gasteiger partial charge on any atom is -0.381 e. The van der Waals surface area contributed by atoms with E-state index < -0.39 is 5.91 Å². The molecule has 0 heterocycles. The maximum atomic E-state index is 10.9. The van der Waals surface area contributed by atoms with E-state index in [0.717, 1.165) is 18.5 Å².